The quantitative estimate of drug-likeness (QED) is 0.0357. The van der Waals surface area contributed by atoms with Gasteiger partial charge in [-0.05, 0) is 141 Å². The van der Waals surface area contributed by atoms with Gasteiger partial charge in [-0.2, -0.15) is 0 Å². The van der Waals surface area contributed by atoms with Crippen molar-refractivity contribution in [2.45, 2.75) is 226 Å². The van der Waals surface area contributed by atoms with Gasteiger partial charge in [-0.3, -0.25) is 0 Å². The van der Waals surface area contributed by atoms with E-state index >= 15 is 0 Å². The summed E-state index contributed by atoms with van der Waals surface area (Å²) in [5, 5.41) is 0. The van der Waals surface area contributed by atoms with Crippen molar-refractivity contribution in [2.24, 2.45) is 0 Å². The summed E-state index contributed by atoms with van der Waals surface area (Å²) >= 11 is 0. The van der Waals surface area contributed by atoms with E-state index in [0.29, 0.717) is 0 Å². The van der Waals surface area contributed by atoms with Gasteiger partial charge >= 0.3 is 0 Å². The van der Waals surface area contributed by atoms with Crippen molar-refractivity contribution in [3.8, 4) is 0 Å². The first-order valence-electron chi connectivity index (χ1n) is 24.3. The minimum atomic E-state index is 0.899. The van der Waals surface area contributed by atoms with E-state index in [1.807, 2.05) is 0 Å². The highest BCUT2D eigenvalue weighted by molar-refractivity contribution is 5.20. The number of rotatable bonds is 37. The van der Waals surface area contributed by atoms with Crippen LogP contribution in [0.5, 0.6) is 0 Å². The van der Waals surface area contributed by atoms with Crippen molar-refractivity contribution < 1.29 is 4.74 Å². The molecule has 54 heavy (non-hydrogen) atoms. The highest BCUT2D eigenvalue weighted by atomic mass is 16.5. The number of unbranched alkanes of at least 4 members (excludes halogenated alkanes) is 19. The molecular formula is C51H92N2O. The van der Waals surface area contributed by atoms with Gasteiger partial charge in [-0.25, -0.2) is 0 Å². The van der Waals surface area contributed by atoms with Crippen LogP contribution in [0.25, 0.3) is 0 Å². The fourth-order valence-electron chi connectivity index (χ4n) is 7.73. The molecular weight excluding hydrogens is 657 g/mol. The van der Waals surface area contributed by atoms with E-state index in [-0.39, 0.29) is 0 Å². The van der Waals surface area contributed by atoms with Crippen LogP contribution in [0.3, 0.4) is 0 Å². The van der Waals surface area contributed by atoms with Crippen molar-refractivity contribution in [3.63, 3.8) is 0 Å². The number of hydrogen-bond donors (Lipinski definition) is 0. The second-order valence-corrected chi connectivity index (χ2v) is 16.7. The largest absolute Gasteiger partial charge is 0.479 e. The zero-order valence-electron chi connectivity index (χ0n) is 36.5. The van der Waals surface area contributed by atoms with Crippen molar-refractivity contribution in [1.82, 2.24) is 9.80 Å². The standard InChI is InChI=1S/C51H92N2O/c1-3-5-7-9-11-13-15-17-19-21-23-25-27-29-34-38-47-53(48-39-35-30-28-26-24-22-20-18-16-14-12-10-8-6-4-2)51(50-42-43-50)54-49-41-40-46-52-44-36-32-31-33-37-45-52/h11-14,17-20H,3-10,15-16,21-49H2,1-2H3/b13-11-,14-12-,19-17-,20-18-. The molecule has 2 aliphatic rings. The zero-order chi connectivity index (χ0) is 38.3. The Labute approximate surface area is 338 Å². The Hall–Kier alpha value is -1.74. The van der Waals surface area contributed by atoms with Crippen LogP contribution in [-0.4, -0.2) is 49.1 Å². The van der Waals surface area contributed by atoms with Gasteiger partial charge in [0.05, 0.1) is 6.61 Å². The highest BCUT2D eigenvalue weighted by Crippen LogP contribution is 2.34. The van der Waals surface area contributed by atoms with Gasteiger partial charge < -0.3 is 14.5 Å². The maximum absolute atomic E-state index is 6.69. The SMILES string of the molecule is CCCCC/C=C\C/C=C\CCCCCCCCN(CCCCCCCC/C=C\C/C=C\CCCCC)C(OCCCCN1CCCCCCC1)=C1CC1. The molecule has 0 radical (unpaired) electrons. The van der Waals surface area contributed by atoms with Gasteiger partial charge in [0, 0.05) is 13.1 Å². The van der Waals surface area contributed by atoms with E-state index < -0.39 is 0 Å². The number of hydrogen-bond acceptors (Lipinski definition) is 3. The van der Waals surface area contributed by atoms with Crippen LogP contribution in [0.1, 0.15) is 226 Å². The average molecular weight is 749 g/mol. The second-order valence-electron chi connectivity index (χ2n) is 16.7. The van der Waals surface area contributed by atoms with Crippen LogP contribution >= 0.6 is 0 Å². The maximum Gasteiger partial charge on any atom is 0.188 e. The molecule has 0 N–H and O–H groups in total. The third-order valence-electron chi connectivity index (χ3n) is 11.4. The molecule has 0 bridgehead atoms. The lowest BCUT2D eigenvalue weighted by Gasteiger charge is -2.28. The molecule has 0 atom stereocenters. The zero-order valence-corrected chi connectivity index (χ0v) is 36.5. The summed E-state index contributed by atoms with van der Waals surface area (Å²) in [5.74, 6) is 1.30. The molecule has 312 valence electrons. The van der Waals surface area contributed by atoms with Crippen molar-refractivity contribution in [3.05, 3.63) is 60.1 Å². The van der Waals surface area contributed by atoms with E-state index in [0.717, 1.165) is 19.4 Å². The Bertz CT molecular complexity index is 899. The smallest absolute Gasteiger partial charge is 0.188 e. The van der Waals surface area contributed by atoms with Gasteiger partial charge in [-0.15, -0.1) is 0 Å². The summed E-state index contributed by atoms with van der Waals surface area (Å²) in [4.78, 5) is 5.41. The summed E-state index contributed by atoms with van der Waals surface area (Å²) in [6.07, 6.45) is 62.6. The third-order valence-corrected chi connectivity index (χ3v) is 11.4. The van der Waals surface area contributed by atoms with Crippen LogP contribution in [0.4, 0.5) is 0 Å². The number of nitrogens with zero attached hydrogens (tertiary/aromatic N) is 2. The molecule has 1 heterocycles. The number of likely N-dealkylation sites (tertiary alicyclic amines) is 1. The normalized spacial score (nSPS) is 15.6. The Balaban J connectivity index is 1.64. The topological polar surface area (TPSA) is 15.7 Å². The Morgan fingerprint density at radius 3 is 1.37 bits per heavy atom. The summed E-state index contributed by atoms with van der Waals surface area (Å²) in [6.45, 7) is 11.7. The summed E-state index contributed by atoms with van der Waals surface area (Å²) in [5.41, 5.74) is 1.60. The van der Waals surface area contributed by atoms with Gasteiger partial charge in [0.1, 0.15) is 0 Å². The molecule has 0 spiro atoms. The molecule has 2 rings (SSSR count). The van der Waals surface area contributed by atoms with Crippen LogP contribution in [0.2, 0.25) is 0 Å². The molecule has 0 aromatic carbocycles. The fraction of sp³-hybridized carbons (Fsp3) is 0.804. The van der Waals surface area contributed by atoms with Crippen molar-refractivity contribution >= 4 is 0 Å². The van der Waals surface area contributed by atoms with E-state index in [4.69, 9.17) is 4.74 Å². The molecule has 1 saturated heterocycles. The second kappa shape index (κ2) is 38.1. The lowest BCUT2D eigenvalue weighted by atomic mass is 10.1. The summed E-state index contributed by atoms with van der Waals surface area (Å²) < 4.78 is 6.69. The predicted molar refractivity (Wildman–Crippen MR) is 241 cm³/mol. The predicted octanol–water partition coefficient (Wildman–Crippen LogP) is 16.0. The summed E-state index contributed by atoms with van der Waals surface area (Å²) in [7, 11) is 0. The average Bonchev–Trinajstić information content (AvgIpc) is 4.01. The van der Waals surface area contributed by atoms with E-state index in [1.54, 1.807) is 5.57 Å². The first-order chi connectivity index (χ1) is 26.8. The Kier molecular flexibility index (Phi) is 34.2. The molecule has 3 nitrogen and oxygen atoms in total. The molecule has 0 amide bonds. The van der Waals surface area contributed by atoms with Gasteiger partial charge in [0.2, 0.25) is 0 Å². The molecule has 0 unspecified atom stereocenters. The number of allylic oxidation sites excluding steroid dienone is 9. The van der Waals surface area contributed by atoms with Crippen molar-refractivity contribution in [2.75, 3.05) is 39.3 Å². The third kappa shape index (κ3) is 30.5. The van der Waals surface area contributed by atoms with Crippen LogP contribution in [0, 0.1) is 0 Å². The molecule has 0 aromatic heterocycles. The molecule has 1 aliphatic heterocycles. The molecule has 1 aliphatic carbocycles. The lowest BCUT2D eigenvalue weighted by Crippen LogP contribution is -2.29. The lowest BCUT2D eigenvalue weighted by molar-refractivity contribution is 0.102. The van der Waals surface area contributed by atoms with Crippen LogP contribution in [-0.2, 0) is 4.74 Å². The molecule has 2 fully saturated rings. The Morgan fingerprint density at radius 1 is 0.481 bits per heavy atom. The first kappa shape index (κ1) is 48.4. The van der Waals surface area contributed by atoms with Gasteiger partial charge in [0.25, 0.3) is 0 Å². The fourth-order valence-corrected chi connectivity index (χ4v) is 7.73. The van der Waals surface area contributed by atoms with E-state index in [9.17, 15) is 0 Å². The molecule has 3 heteroatoms. The Morgan fingerprint density at radius 2 is 0.907 bits per heavy atom. The van der Waals surface area contributed by atoms with E-state index in [2.05, 4.69) is 72.3 Å². The first-order valence-corrected chi connectivity index (χ1v) is 24.3. The number of ether oxygens (including phenoxy) is 1. The van der Waals surface area contributed by atoms with Gasteiger partial charge in [-0.1, -0.05) is 159 Å². The van der Waals surface area contributed by atoms with Gasteiger partial charge in [0.15, 0.2) is 5.88 Å². The molecule has 1 saturated carbocycles. The maximum atomic E-state index is 6.69. The van der Waals surface area contributed by atoms with E-state index in [1.165, 1.54) is 238 Å². The minimum absolute atomic E-state index is 0.899. The van der Waals surface area contributed by atoms with Crippen LogP contribution < -0.4 is 0 Å². The minimum Gasteiger partial charge on any atom is -0.479 e. The monoisotopic (exact) mass is 749 g/mol. The molecule has 0 aromatic rings. The summed E-state index contributed by atoms with van der Waals surface area (Å²) in [6, 6.07) is 0. The van der Waals surface area contributed by atoms with Crippen molar-refractivity contribution in [1.29, 1.82) is 0 Å². The van der Waals surface area contributed by atoms with Crippen LogP contribution in [0.15, 0.2) is 60.1 Å². The highest BCUT2D eigenvalue weighted by Gasteiger charge is 2.24.